The first-order valence-corrected chi connectivity index (χ1v) is 8.15. The van der Waals surface area contributed by atoms with Gasteiger partial charge in [0.1, 0.15) is 6.54 Å². The van der Waals surface area contributed by atoms with Crippen LogP contribution in [0.5, 0.6) is 0 Å². The fraction of sp³-hybridized carbons (Fsp3) is 0.167. The number of amides is 2. The van der Waals surface area contributed by atoms with E-state index in [-0.39, 0.29) is 12.1 Å². The number of rotatable bonds is 6. The molecule has 0 unspecified atom stereocenters. The van der Waals surface area contributed by atoms with Crippen LogP contribution in [0.4, 0.5) is 5.69 Å². The van der Waals surface area contributed by atoms with Crippen LogP contribution < -0.4 is 11.1 Å². The van der Waals surface area contributed by atoms with Gasteiger partial charge in [-0.3, -0.25) is 19.1 Å². The van der Waals surface area contributed by atoms with Crippen molar-refractivity contribution in [1.29, 1.82) is 0 Å². The summed E-state index contributed by atoms with van der Waals surface area (Å²) in [5, 5.41) is 10.7. The molecule has 0 aliphatic carbocycles. The number of aryl methyl sites for hydroxylation is 1. The third kappa shape index (κ3) is 3.76. The predicted molar refractivity (Wildman–Crippen MR) is 97.4 cm³/mol. The number of nitrogens with two attached hydrogens (primary N) is 1. The average molecular weight is 366 g/mol. The summed E-state index contributed by atoms with van der Waals surface area (Å²) in [6.07, 6.45) is 2.75. The van der Waals surface area contributed by atoms with Crippen LogP contribution in [0.1, 0.15) is 21.7 Å². The lowest BCUT2D eigenvalue weighted by Crippen LogP contribution is -2.24. The molecule has 3 aromatic rings. The lowest BCUT2D eigenvalue weighted by molar-refractivity contribution is -0.118. The lowest BCUT2D eigenvalue weighted by atomic mass is 10.1. The third-order valence-corrected chi connectivity index (χ3v) is 3.93. The number of nitrogens with zero attached hydrogens (tertiary/aromatic N) is 4. The number of aromatic nitrogens is 4. The number of nitrogens with one attached hydrogen (secondary N) is 1. The summed E-state index contributed by atoms with van der Waals surface area (Å²) in [4.78, 5) is 35.9. The van der Waals surface area contributed by atoms with E-state index in [2.05, 4.69) is 15.5 Å². The predicted octanol–water partition coefficient (Wildman–Crippen LogP) is 0.992. The van der Waals surface area contributed by atoms with Gasteiger partial charge in [0.25, 0.3) is 11.7 Å². The molecular formula is C18H18N6O3. The summed E-state index contributed by atoms with van der Waals surface area (Å²) in [7, 11) is 0. The Bertz CT molecular complexity index is 1020. The fourth-order valence-electron chi connectivity index (χ4n) is 2.77. The molecule has 2 heterocycles. The number of hydrogen-bond acceptors (Lipinski definition) is 5. The number of hydrogen-bond donors (Lipinski definition) is 2. The van der Waals surface area contributed by atoms with Crippen LogP contribution in [0.25, 0.3) is 5.69 Å². The van der Waals surface area contributed by atoms with Gasteiger partial charge in [0.15, 0.2) is 0 Å². The van der Waals surface area contributed by atoms with Crippen molar-refractivity contribution in [3.63, 3.8) is 0 Å². The van der Waals surface area contributed by atoms with Gasteiger partial charge in [0, 0.05) is 6.20 Å². The Balaban J connectivity index is 1.81. The van der Waals surface area contributed by atoms with Crippen molar-refractivity contribution >= 4 is 23.3 Å². The van der Waals surface area contributed by atoms with Crippen LogP contribution in [-0.2, 0) is 16.1 Å². The van der Waals surface area contributed by atoms with Crippen LogP contribution in [0.15, 0.2) is 42.7 Å². The van der Waals surface area contributed by atoms with E-state index in [1.54, 1.807) is 18.5 Å². The van der Waals surface area contributed by atoms with Crippen LogP contribution in [0.3, 0.4) is 0 Å². The van der Waals surface area contributed by atoms with Gasteiger partial charge in [-0.15, -0.1) is 0 Å². The third-order valence-electron chi connectivity index (χ3n) is 3.93. The highest BCUT2D eigenvalue weighted by Crippen LogP contribution is 2.19. The molecule has 27 heavy (non-hydrogen) atoms. The number of carbonyl (C=O) groups is 3. The molecular weight excluding hydrogens is 348 g/mol. The SMILES string of the molecule is Cc1nn(-c2ccccc2)c(C)c1C(=O)C(=O)Nc1cnn(CC(N)=O)c1. The molecule has 0 atom stereocenters. The van der Waals surface area contributed by atoms with Gasteiger partial charge >= 0.3 is 0 Å². The molecule has 0 saturated carbocycles. The summed E-state index contributed by atoms with van der Waals surface area (Å²) in [5.41, 5.74) is 7.46. The first-order chi connectivity index (χ1) is 12.9. The van der Waals surface area contributed by atoms with Gasteiger partial charge in [0.05, 0.1) is 34.5 Å². The van der Waals surface area contributed by atoms with Crippen molar-refractivity contribution in [3.05, 3.63) is 59.7 Å². The normalized spacial score (nSPS) is 10.6. The molecule has 0 aliphatic rings. The summed E-state index contributed by atoms with van der Waals surface area (Å²) in [6, 6.07) is 9.34. The zero-order chi connectivity index (χ0) is 19.6. The first-order valence-electron chi connectivity index (χ1n) is 8.15. The van der Waals surface area contributed by atoms with Gasteiger partial charge in [0.2, 0.25) is 5.91 Å². The molecule has 0 bridgehead atoms. The maximum Gasteiger partial charge on any atom is 0.296 e. The second kappa shape index (κ2) is 7.24. The quantitative estimate of drug-likeness (QED) is 0.497. The Morgan fingerprint density at radius 1 is 1.15 bits per heavy atom. The number of para-hydroxylation sites is 1. The van der Waals surface area contributed by atoms with Crippen LogP contribution in [-0.4, -0.2) is 37.2 Å². The van der Waals surface area contributed by atoms with Crippen molar-refractivity contribution < 1.29 is 14.4 Å². The van der Waals surface area contributed by atoms with E-state index < -0.39 is 17.6 Å². The summed E-state index contributed by atoms with van der Waals surface area (Å²) >= 11 is 0. The van der Waals surface area contributed by atoms with Gasteiger partial charge in [-0.2, -0.15) is 10.2 Å². The largest absolute Gasteiger partial charge is 0.368 e. The van der Waals surface area contributed by atoms with Crippen molar-refractivity contribution in [2.24, 2.45) is 5.73 Å². The van der Waals surface area contributed by atoms with E-state index in [1.165, 1.54) is 17.1 Å². The smallest absolute Gasteiger partial charge is 0.296 e. The maximum absolute atomic E-state index is 12.7. The topological polar surface area (TPSA) is 125 Å². The molecule has 2 aromatic heterocycles. The fourth-order valence-corrected chi connectivity index (χ4v) is 2.77. The van der Waals surface area contributed by atoms with Crippen molar-refractivity contribution in [2.75, 3.05) is 5.32 Å². The van der Waals surface area contributed by atoms with Gasteiger partial charge in [-0.25, -0.2) is 4.68 Å². The first kappa shape index (κ1) is 18.1. The van der Waals surface area contributed by atoms with Crippen molar-refractivity contribution in [3.8, 4) is 5.69 Å². The molecule has 138 valence electrons. The van der Waals surface area contributed by atoms with Gasteiger partial charge < -0.3 is 11.1 Å². The van der Waals surface area contributed by atoms with Gasteiger partial charge in [-0.1, -0.05) is 18.2 Å². The van der Waals surface area contributed by atoms with E-state index in [0.717, 1.165) is 5.69 Å². The Morgan fingerprint density at radius 2 is 1.85 bits per heavy atom. The molecule has 3 rings (SSSR count). The summed E-state index contributed by atoms with van der Waals surface area (Å²) in [5.74, 6) is -2.08. The van der Waals surface area contributed by atoms with E-state index in [0.29, 0.717) is 17.1 Å². The maximum atomic E-state index is 12.7. The summed E-state index contributed by atoms with van der Waals surface area (Å²) in [6.45, 7) is 3.29. The zero-order valence-electron chi connectivity index (χ0n) is 14.8. The Morgan fingerprint density at radius 3 is 2.52 bits per heavy atom. The number of ketones is 1. The van der Waals surface area contributed by atoms with E-state index in [4.69, 9.17) is 5.73 Å². The molecule has 0 fully saturated rings. The van der Waals surface area contributed by atoms with Crippen LogP contribution >= 0.6 is 0 Å². The van der Waals surface area contributed by atoms with E-state index in [9.17, 15) is 14.4 Å². The Kier molecular flexibility index (Phi) is 4.84. The minimum absolute atomic E-state index is 0.119. The molecule has 0 spiro atoms. The lowest BCUT2D eigenvalue weighted by Gasteiger charge is -2.05. The average Bonchev–Trinajstić information content (AvgIpc) is 3.18. The molecule has 9 nitrogen and oxygen atoms in total. The Hall–Kier alpha value is -3.75. The summed E-state index contributed by atoms with van der Waals surface area (Å²) < 4.78 is 2.90. The molecule has 1 aromatic carbocycles. The second-order valence-corrected chi connectivity index (χ2v) is 5.97. The molecule has 9 heteroatoms. The van der Waals surface area contributed by atoms with Crippen molar-refractivity contribution in [1.82, 2.24) is 19.6 Å². The minimum atomic E-state index is -0.813. The number of carbonyl (C=O) groups excluding carboxylic acids is 3. The van der Waals surface area contributed by atoms with Crippen LogP contribution in [0.2, 0.25) is 0 Å². The molecule has 2 amide bonds. The molecule has 0 saturated heterocycles. The highest BCUT2D eigenvalue weighted by molar-refractivity contribution is 6.47. The molecule has 3 N–H and O–H groups in total. The van der Waals surface area contributed by atoms with Crippen LogP contribution in [0, 0.1) is 13.8 Å². The monoisotopic (exact) mass is 366 g/mol. The van der Waals surface area contributed by atoms with Crippen molar-refractivity contribution in [2.45, 2.75) is 20.4 Å². The highest BCUT2D eigenvalue weighted by Gasteiger charge is 2.25. The van der Waals surface area contributed by atoms with E-state index >= 15 is 0 Å². The van der Waals surface area contributed by atoms with Gasteiger partial charge in [-0.05, 0) is 26.0 Å². The minimum Gasteiger partial charge on any atom is -0.368 e. The molecule has 0 aliphatic heterocycles. The Labute approximate surface area is 154 Å². The standard InChI is InChI=1S/C18H18N6O3/c1-11-16(12(2)24(22-11)14-6-4-3-5-7-14)17(26)18(27)21-13-8-20-23(9-13)10-15(19)25/h3-9H,10H2,1-2H3,(H2,19,25)(H,21,27). The van der Waals surface area contributed by atoms with E-state index in [1.807, 2.05) is 30.3 Å². The number of Topliss-reactive ketones (excluding diaryl/α,β-unsaturated/α-hetero) is 1. The number of primary amides is 1. The molecule has 0 radical (unpaired) electrons. The highest BCUT2D eigenvalue weighted by atomic mass is 16.2. The zero-order valence-corrected chi connectivity index (χ0v) is 14.8. The second-order valence-electron chi connectivity index (χ2n) is 5.97. The number of anilines is 1. The number of benzene rings is 1.